The SMILES string of the molecule is CC1(c2ccccc2)OC[C@H]2S[C@@H](n3ccc(=O)[nH]c3=O)[C@@H](O)[C@@H]2O1. The highest BCUT2D eigenvalue weighted by atomic mass is 32.2. The lowest BCUT2D eigenvalue weighted by atomic mass is 10.0. The second kappa shape index (κ2) is 6.14. The summed E-state index contributed by atoms with van der Waals surface area (Å²) in [6.45, 7) is 2.22. The fourth-order valence-electron chi connectivity index (χ4n) is 3.28. The van der Waals surface area contributed by atoms with Gasteiger partial charge in [-0.25, -0.2) is 4.79 Å². The van der Waals surface area contributed by atoms with Crippen molar-refractivity contribution in [2.24, 2.45) is 0 Å². The molecule has 5 atom stereocenters. The van der Waals surface area contributed by atoms with Gasteiger partial charge in [0.1, 0.15) is 17.6 Å². The van der Waals surface area contributed by atoms with Gasteiger partial charge >= 0.3 is 5.69 Å². The van der Waals surface area contributed by atoms with Crippen LogP contribution in [0.5, 0.6) is 0 Å². The van der Waals surface area contributed by atoms with Crippen LogP contribution in [0.25, 0.3) is 0 Å². The molecule has 7 nitrogen and oxygen atoms in total. The van der Waals surface area contributed by atoms with Gasteiger partial charge < -0.3 is 14.6 Å². The van der Waals surface area contributed by atoms with Gasteiger partial charge in [0.05, 0.1) is 11.9 Å². The van der Waals surface area contributed by atoms with Gasteiger partial charge in [0.2, 0.25) is 0 Å². The summed E-state index contributed by atoms with van der Waals surface area (Å²) in [7, 11) is 0. The van der Waals surface area contributed by atoms with Crippen LogP contribution in [-0.2, 0) is 15.3 Å². The van der Waals surface area contributed by atoms with E-state index in [1.54, 1.807) is 0 Å². The Labute approximate surface area is 147 Å². The topological polar surface area (TPSA) is 93.6 Å². The van der Waals surface area contributed by atoms with Gasteiger partial charge in [0, 0.05) is 17.8 Å². The number of aliphatic hydroxyl groups is 1. The minimum atomic E-state index is -0.950. The van der Waals surface area contributed by atoms with Crippen LogP contribution in [-0.4, -0.2) is 38.7 Å². The second-order valence-corrected chi connectivity index (χ2v) is 7.64. The minimum Gasteiger partial charge on any atom is -0.387 e. The lowest BCUT2D eigenvalue weighted by molar-refractivity contribution is -0.301. The highest BCUT2D eigenvalue weighted by molar-refractivity contribution is 8.00. The molecule has 0 saturated carbocycles. The average molecular weight is 362 g/mol. The first-order valence-electron chi connectivity index (χ1n) is 8.00. The third kappa shape index (κ3) is 2.85. The molecule has 8 heteroatoms. The molecular formula is C17H18N2O5S. The van der Waals surface area contributed by atoms with Crippen LogP contribution in [0.3, 0.4) is 0 Å². The Bertz CT molecular complexity index is 882. The molecule has 1 aromatic carbocycles. The molecule has 2 N–H and O–H groups in total. The van der Waals surface area contributed by atoms with E-state index in [9.17, 15) is 14.7 Å². The molecule has 0 amide bonds. The van der Waals surface area contributed by atoms with E-state index in [0.29, 0.717) is 6.61 Å². The molecule has 0 spiro atoms. The van der Waals surface area contributed by atoms with Crippen LogP contribution in [0.2, 0.25) is 0 Å². The first-order chi connectivity index (χ1) is 12.0. The lowest BCUT2D eigenvalue weighted by Crippen LogP contribution is -2.49. The lowest BCUT2D eigenvalue weighted by Gasteiger charge is -2.41. The molecule has 0 aliphatic carbocycles. The third-order valence-corrected chi connectivity index (χ3v) is 6.16. The van der Waals surface area contributed by atoms with Crippen LogP contribution >= 0.6 is 11.8 Å². The van der Waals surface area contributed by atoms with E-state index in [0.717, 1.165) is 5.56 Å². The molecule has 4 rings (SSSR count). The van der Waals surface area contributed by atoms with Crippen LogP contribution in [0.1, 0.15) is 17.9 Å². The summed E-state index contributed by atoms with van der Waals surface area (Å²) in [5, 5.41) is 10.1. The number of hydrogen-bond acceptors (Lipinski definition) is 6. The van der Waals surface area contributed by atoms with Crippen LogP contribution in [0.15, 0.2) is 52.2 Å². The van der Waals surface area contributed by atoms with Gasteiger partial charge in [-0.15, -0.1) is 11.8 Å². The Kier molecular flexibility index (Phi) is 4.07. The summed E-state index contributed by atoms with van der Waals surface area (Å²) in [6, 6.07) is 10.8. The predicted octanol–water partition coefficient (Wildman–Crippen LogP) is 0.800. The third-order valence-electron chi connectivity index (χ3n) is 4.62. The fourth-order valence-corrected chi connectivity index (χ4v) is 4.77. The zero-order chi connectivity index (χ0) is 17.6. The number of aromatic amines is 1. The molecule has 2 fully saturated rings. The van der Waals surface area contributed by atoms with E-state index in [1.165, 1.54) is 28.6 Å². The maximum atomic E-state index is 12.0. The van der Waals surface area contributed by atoms with Gasteiger partial charge in [-0.1, -0.05) is 30.3 Å². The second-order valence-electron chi connectivity index (χ2n) is 6.28. The summed E-state index contributed by atoms with van der Waals surface area (Å²) in [6.07, 6.45) is 0.0229. The molecule has 0 radical (unpaired) electrons. The van der Waals surface area contributed by atoms with Crippen molar-refractivity contribution >= 4 is 11.8 Å². The van der Waals surface area contributed by atoms with Crippen molar-refractivity contribution in [3.05, 3.63) is 69.0 Å². The van der Waals surface area contributed by atoms with Gasteiger partial charge in [-0.2, -0.15) is 0 Å². The average Bonchev–Trinajstić information content (AvgIpc) is 2.92. The molecule has 2 saturated heterocycles. The maximum Gasteiger partial charge on any atom is 0.329 e. The highest BCUT2D eigenvalue weighted by Gasteiger charge is 2.52. The molecule has 1 unspecified atom stereocenters. The number of H-pyrrole nitrogens is 1. The van der Waals surface area contributed by atoms with Crippen LogP contribution in [0, 0.1) is 0 Å². The Balaban J connectivity index is 1.62. The van der Waals surface area contributed by atoms with Gasteiger partial charge in [0.15, 0.2) is 5.79 Å². The van der Waals surface area contributed by atoms with E-state index < -0.39 is 34.6 Å². The van der Waals surface area contributed by atoms with Gasteiger partial charge in [-0.3, -0.25) is 14.3 Å². The first-order valence-corrected chi connectivity index (χ1v) is 8.94. The van der Waals surface area contributed by atoms with Crippen molar-refractivity contribution < 1.29 is 14.6 Å². The summed E-state index contributed by atoms with van der Waals surface area (Å²) in [5.41, 5.74) is -0.142. The largest absolute Gasteiger partial charge is 0.387 e. The quantitative estimate of drug-likeness (QED) is 0.821. The highest BCUT2D eigenvalue weighted by Crippen LogP contribution is 2.48. The number of aromatic nitrogens is 2. The van der Waals surface area contributed by atoms with E-state index in [-0.39, 0.29) is 5.25 Å². The van der Waals surface area contributed by atoms with Gasteiger partial charge in [-0.05, 0) is 6.92 Å². The number of nitrogens with zero attached hydrogens (tertiary/aromatic N) is 1. The molecule has 2 aromatic rings. The summed E-state index contributed by atoms with van der Waals surface area (Å²) in [4.78, 5) is 25.5. The summed E-state index contributed by atoms with van der Waals surface area (Å²) < 4.78 is 13.4. The molecule has 3 heterocycles. The summed E-state index contributed by atoms with van der Waals surface area (Å²) >= 11 is 1.41. The zero-order valence-corrected chi connectivity index (χ0v) is 14.3. The van der Waals surface area contributed by atoms with Crippen molar-refractivity contribution in [1.29, 1.82) is 0 Å². The normalized spacial score (nSPS) is 34.6. The fraction of sp³-hybridized carbons (Fsp3) is 0.412. The van der Waals surface area contributed by atoms with Crippen molar-refractivity contribution in [3.63, 3.8) is 0 Å². The maximum absolute atomic E-state index is 12.0. The Hall–Kier alpha value is -1.87. The predicted molar refractivity (Wildman–Crippen MR) is 92.4 cm³/mol. The smallest absolute Gasteiger partial charge is 0.329 e. The van der Waals surface area contributed by atoms with Crippen molar-refractivity contribution in [2.75, 3.05) is 6.61 Å². The molecule has 2 aliphatic heterocycles. The monoisotopic (exact) mass is 362 g/mol. The number of thioether (sulfide) groups is 1. The van der Waals surface area contributed by atoms with Crippen molar-refractivity contribution in [2.45, 2.75) is 35.5 Å². The standard InChI is InChI=1S/C17H18N2O5S/c1-17(10-5-3-2-4-6-10)23-9-11-14(24-17)13(21)15(25-11)19-8-7-12(20)18-16(19)22/h2-8,11,13-15,21H,9H2,1H3,(H,18,20,22)/t11-,13+,14-,15-,17?/m1/s1. The number of nitrogens with one attached hydrogen (secondary N) is 1. The summed E-state index contributed by atoms with van der Waals surface area (Å²) in [5.74, 6) is -0.950. The van der Waals surface area contributed by atoms with Crippen LogP contribution < -0.4 is 11.2 Å². The Morgan fingerprint density at radius 2 is 2.04 bits per heavy atom. The molecular weight excluding hydrogens is 344 g/mol. The van der Waals surface area contributed by atoms with Crippen molar-refractivity contribution in [1.82, 2.24) is 9.55 Å². The molecule has 1 aromatic heterocycles. The number of rotatable bonds is 2. The van der Waals surface area contributed by atoms with Gasteiger partial charge in [0.25, 0.3) is 5.56 Å². The number of aliphatic hydroxyl groups excluding tert-OH is 1. The van der Waals surface area contributed by atoms with E-state index >= 15 is 0 Å². The zero-order valence-electron chi connectivity index (χ0n) is 13.5. The van der Waals surface area contributed by atoms with E-state index in [4.69, 9.17) is 9.47 Å². The molecule has 0 bridgehead atoms. The number of fused-ring (bicyclic) bond motifs is 1. The number of hydrogen-bond donors (Lipinski definition) is 2. The van der Waals surface area contributed by atoms with E-state index in [2.05, 4.69) is 4.98 Å². The molecule has 132 valence electrons. The van der Waals surface area contributed by atoms with Crippen LogP contribution in [0.4, 0.5) is 0 Å². The Morgan fingerprint density at radius 3 is 2.76 bits per heavy atom. The van der Waals surface area contributed by atoms with Crippen molar-refractivity contribution in [3.8, 4) is 0 Å². The first kappa shape index (κ1) is 16.6. The number of benzene rings is 1. The Morgan fingerprint density at radius 1 is 1.28 bits per heavy atom. The molecule has 2 aliphatic rings. The minimum absolute atomic E-state index is 0.101. The molecule has 25 heavy (non-hydrogen) atoms. The van der Waals surface area contributed by atoms with E-state index in [1.807, 2.05) is 37.3 Å². The number of ether oxygens (including phenoxy) is 2.